The monoisotopic (exact) mass is 252 g/mol. The molecule has 0 aromatic heterocycles. The predicted octanol–water partition coefficient (Wildman–Crippen LogP) is 3.88. The van der Waals surface area contributed by atoms with E-state index in [0.717, 1.165) is 29.6 Å². The van der Waals surface area contributed by atoms with Crippen molar-refractivity contribution in [1.29, 1.82) is 0 Å². The SMILES string of the molecule is CC1(C)Cc2cc(-c3ccc(C=O)cc3)ccc2O1. The molecule has 0 bridgehead atoms. The van der Waals surface area contributed by atoms with Crippen molar-refractivity contribution in [2.24, 2.45) is 0 Å². The molecule has 96 valence electrons. The van der Waals surface area contributed by atoms with E-state index in [-0.39, 0.29) is 5.60 Å². The first-order valence-electron chi connectivity index (χ1n) is 6.45. The third-order valence-electron chi connectivity index (χ3n) is 3.44. The van der Waals surface area contributed by atoms with E-state index in [1.165, 1.54) is 5.56 Å². The van der Waals surface area contributed by atoms with E-state index in [1.54, 1.807) is 0 Å². The van der Waals surface area contributed by atoms with Gasteiger partial charge in [-0.1, -0.05) is 30.3 Å². The van der Waals surface area contributed by atoms with E-state index in [2.05, 4.69) is 26.0 Å². The van der Waals surface area contributed by atoms with Gasteiger partial charge in [0.1, 0.15) is 17.6 Å². The lowest BCUT2D eigenvalue weighted by Crippen LogP contribution is -2.24. The highest BCUT2D eigenvalue weighted by Gasteiger charge is 2.29. The van der Waals surface area contributed by atoms with E-state index >= 15 is 0 Å². The highest BCUT2D eigenvalue weighted by molar-refractivity contribution is 5.77. The molecule has 0 amide bonds. The number of benzene rings is 2. The zero-order valence-electron chi connectivity index (χ0n) is 11.1. The van der Waals surface area contributed by atoms with Gasteiger partial charge in [0.25, 0.3) is 0 Å². The highest BCUT2D eigenvalue weighted by atomic mass is 16.5. The molecule has 3 rings (SSSR count). The lowest BCUT2D eigenvalue weighted by atomic mass is 9.97. The van der Waals surface area contributed by atoms with E-state index in [4.69, 9.17) is 4.74 Å². The van der Waals surface area contributed by atoms with Gasteiger partial charge >= 0.3 is 0 Å². The van der Waals surface area contributed by atoms with Crippen LogP contribution in [0.25, 0.3) is 11.1 Å². The third-order valence-corrected chi connectivity index (χ3v) is 3.44. The largest absolute Gasteiger partial charge is 0.487 e. The van der Waals surface area contributed by atoms with Crippen LogP contribution in [-0.2, 0) is 6.42 Å². The maximum Gasteiger partial charge on any atom is 0.150 e. The first kappa shape index (κ1) is 12.0. The van der Waals surface area contributed by atoms with Crippen molar-refractivity contribution in [3.05, 3.63) is 53.6 Å². The number of rotatable bonds is 2. The minimum atomic E-state index is -0.109. The van der Waals surface area contributed by atoms with E-state index in [0.29, 0.717) is 5.56 Å². The Morgan fingerprint density at radius 1 is 1.05 bits per heavy atom. The van der Waals surface area contributed by atoms with Crippen LogP contribution >= 0.6 is 0 Å². The number of fused-ring (bicyclic) bond motifs is 1. The number of ether oxygens (including phenoxy) is 1. The van der Waals surface area contributed by atoms with Crippen LogP contribution in [0, 0.1) is 0 Å². The van der Waals surface area contributed by atoms with Crippen LogP contribution in [0.3, 0.4) is 0 Å². The highest BCUT2D eigenvalue weighted by Crippen LogP contribution is 2.37. The minimum absolute atomic E-state index is 0.109. The maximum absolute atomic E-state index is 10.7. The number of carbonyl (C=O) groups excluding carboxylic acids is 1. The van der Waals surface area contributed by atoms with E-state index in [9.17, 15) is 4.79 Å². The summed E-state index contributed by atoms with van der Waals surface area (Å²) < 4.78 is 5.88. The van der Waals surface area contributed by atoms with Crippen molar-refractivity contribution in [3.8, 4) is 16.9 Å². The Hall–Kier alpha value is -2.09. The number of hydrogen-bond acceptors (Lipinski definition) is 2. The lowest BCUT2D eigenvalue weighted by molar-refractivity contribution is 0.112. The molecule has 1 heterocycles. The summed E-state index contributed by atoms with van der Waals surface area (Å²) in [5.74, 6) is 0.985. The zero-order valence-corrected chi connectivity index (χ0v) is 11.1. The number of hydrogen-bond donors (Lipinski definition) is 0. The Labute approximate surface area is 113 Å². The van der Waals surface area contributed by atoms with Crippen molar-refractivity contribution < 1.29 is 9.53 Å². The fraction of sp³-hybridized carbons (Fsp3) is 0.235. The smallest absolute Gasteiger partial charge is 0.150 e. The average Bonchev–Trinajstić information content (AvgIpc) is 2.71. The first-order chi connectivity index (χ1) is 9.07. The molecule has 1 aliphatic rings. The molecule has 0 saturated heterocycles. The molecular weight excluding hydrogens is 236 g/mol. The summed E-state index contributed by atoms with van der Waals surface area (Å²) in [5, 5.41) is 0. The van der Waals surface area contributed by atoms with E-state index < -0.39 is 0 Å². The van der Waals surface area contributed by atoms with Crippen molar-refractivity contribution in [2.45, 2.75) is 25.9 Å². The number of aldehydes is 1. The summed E-state index contributed by atoms with van der Waals surface area (Å²) in [6.07, 6.45) is 1.80. The number of carbonyl (C=O) groups is 1. The van der Waals surface area contributed by atoms with Gasteiger partial charge in [-0.25, -0.2) is 0 Å². The summed E-state index contributed by atoms with van der Waals surface area (Å²) in [4.78, 5) is 10.7. The van der Waals surface area contributed by atoms with Gasteiger partial charge in [-0.15, -0.1) is 0 Å². The fourth-order valence-electron chi connectivity index (χ4n) is 2.54. The quantitative estimate of drug-likeness (QED) is 0.758. The first-order valence-corrected chi connectivity index (χ1v) is 6.45. The molecule has 0 radical (unpaired) electrons. The van der Waals surface area contributed by atoms with Gasteiger partial charge in [0, 0.05) is 12.0 Å². The van der Waals surface area contributed by atoms with Crippen molar-refractivity contribution >= 4 is 6.29 Å². The molecule has 0 N–H and O–H groups in total. The molecule has 1 aliphatic heterocycles. The molecule has 2 heteroatoms. The van der Waals surface area contributed by atoms with Crippen LogP contribution < -0.4 is 4.74 Å². The van der Waals surface area contributed by atoms with Gasteiger partial charge in [0.2, 0.25) is 0 Å². The standard InChI is InChI=1S/C17H16O2/c1-17(2)10-15-9-14(7-8-16(15)19-17)13-5-3-12(11-18)4-6-13/h3-9,11H,10H2,1-2H3. The zero-order chi connectivity index (χ0) is 13.5. The third kappa shape index (κ3) is 2.26. The molecule has 0 fully saturated rings. The molecule has 19 heavy (non-hydrogen) atoms. The van der Waals surface area contributed by atoms with Gasteiger partial charge < -0.3 is 4.74 Å². The normalized spacial score (nSPS) is 15.7. The lowest BCUT2D eigenvalue weighted by Gasteiger charge is -2.16. The molecule has 2 aromatic carbocycles. The topological polar surface area (TPSA) is 26.3 Å². The molecule has 0 unspecified atom stereocenters. The van der Waals surface area contributed by atoms with Crippen LogP contribution in [0.15, 0.2) is 42.5 Å². The fourth-order valence-corrected chi connectivity index (χ4v) is 2.54. The summed E-state index contributed by atoms with van der Waals surface area (Å²) >= 11 is 0. The Kier molecular flexibility index (Phi) is 2.67. The minimum Gasteiger partial charge on any atom is -0.487 e. The van der Waals surface area contributed by atoms with Gasteiger partial charge in [0.05, 0.1) is 0 Å². The van der Waals surface area contributed by atoms with Crippen LogP contribution in [0.5, 0.6) is 5.75 Å². The second kappa shape index (κ2) is 4.23. The van der Waals surface area contributed by atoms with Crippen molar-refractivity contribution in [3.63, 3.8) is 0 Å². The molecule has 0 aliphatic carbocycles. The van der Waals surface area contributed by atoms with Crippen LogP contribution in [0.1, 0.15) is 29.8 Å². The Morgan fingerprint density at radius 3 is 2.42 bits per heavy atom. The maximum atomic E-state index is 10.7. The molecule has 0 atom stereocenters. The van der Waals surface area contributed by atoms with Gasteiger partial charge in [-0.2, -0.15) is 0 Å². The Balaban J connectivity index is 1.97. The van der Waals surface area contributed by atoms with Gasteiger partial charge in [-0.05, 0) is 42.7 Å². The van der Waals surface area contributed by atoms with Crippen molar-refractivity contribution in [1.82, 2.24) is 0 Å². The van der Waals surface area contributed by atoms with Gasteiger partial charge in [0.15, 0.2) is 0 Å². The van der Waals surface area contributed by atoms with Crippen LogP contribution in [0.2, 0.25) is 0 Å². The predicted molar refractivity (Wildman–Crippen MR) is 75.7 cm³/mol. The summed E-state index contributed by atoms with van der Waals surface area (Å²) in [6.45, 7) is 4.21. The Morgan fingerprint density at radius 2 is 1.74 bits per heavy atom. The Bertz CT molecular complexity index is 624. The second-order valence-electron chi connectivity index (χ2n) is 5.60. The summed E-state index contributed by atoms with van der Waals surface area (Å²) in [5.41, 5.74) is 4.13. The van der Waals surface area contributed by atoms with Gasteiger partial charge in [-0.3, -0.25) is 4.79 Å². The van der Waals surface area contributed by atoms with Crippen LogP contribution in [0.4, 0.5) is 0 Å². The van der Waals surface area contributed by atoms with Crippen molar-refractivity contribution in [2.75, 3.05) is 0 Å². The van der Waals surface area contributed by atoms with E-state index in [1.807, 2.05) is 30.3 Å². The molecular formula is C17H16O2. The molecule has 0 saturated carbocycles. The average molecular weight is 252 g/mol. The van der Waals surface area contributed by atoms with Crippen LogP contribution in [-0.4, -0.2) is 11.9 Å². The summed E-state index contributed by atoms with van der Waals surface area (Å²) in [7, 11) is 0. The molecule has 2 nitrogen and oxygen atoms in total. The second-order valence-corrected chi connectivity index (χ2v) is 5.60. The summed E-state index contributed by atoms with van der Waals surface area (Å²) in [6, 6.07) is 13.9. The molecule has 0 spiro atoms. The molecule has 2 aromatic rings.